The largest absolute Gasteiger partial charge is 0.206 e. The molecule has 0 radical (unpaired) electrons. The van der Waals surface area contributed by atoms with Crippen LogP contribution in [0.4, 0.5) is 13.2 Å². The van der Waals surface area contributed by atoms with Crippen LogP contribution in [0.3, 0.4) is 0 Å². The van der Waals surface area contributed by atoms with Crippen LogP contribution in [0, 0.1) is 36.2 Å². The van der Waals surface area contributed by atoms with Crippen molar-refractivity contribution in [3.63, 3.8) is 0 Å². The molecule has 0 heterocycles. The van der Waals surface area contributed by atoms with Gasteiger partial charge in [0.15, 0.2) is 11.6 Å². The number of rotatable bonds is 7. The van der Waals surface area contributed by atoms with Crippen LogP contribution < -0.4 is 0 Å². The summed E-state index contributed by atoms with van der Waals surface area (Å²) in [6.07, 6.45) is 10.5. The Labute approximate surface area is 173 Å². The van der Waals surface area contributed by atoms with Gasteiger partial charge in [-0.15, -0.1) is 0 Å². The highest BCUT2D eigenvalue weighted by molar-refractivity contribution is 5.66. The lowest BCUT2D eigenvalue weighted by Crippen LogP contribution is -2.19. The first kappa shape index (κ1) is 21.9. The van der Waals surface area contributed by atoms with Gasteiger partial charge in [0.25, 0.3) is 0 Å². The summed E-state index contributed by atoms with van der Waals surface area (Å²) in [5.74, 6) is -0.837. The summed E-state index contributed by atoms with van der Waals surface area (Å²) < 4.78 is 42.5. The van der Waals surface area contributed by atoms with Crippen molar-refractivity contribution >= 4 is 0 Å². The maximum Gasteiger partial charge on any atom is 0.169 e. The van der Waals surface area contributed by atoms with E-state index in [2.05, 4.69) is 13.8 Å². The quantitative estimate of drug-likeness (QED) is 0.321. The van der Waals surface area contributed by atoms with Gasteiger partial charge in [-0.3, -0.25) is 0 Å². The summed E-state index contributed by atoms with van der Waals surface area (Å²) in [6.45, 7) is 5.88. The van der Waals surface area contributed by atoms with Gasteiger partial charge in [-0.25, -0.2) is 13.2 Å². The number of halogens is 3. The molecule has 1 fully saturated rings. The van der Waals surface area contributed by atoms with Crippen molar-refractivity contribution < 1.29 is 13.2 Å². The van der Waals surface area contributed by atoms with E-state index in [1.807, 2.05) is 12.1 Å². The third-order valence-electron chi connectivity index (χ3n) is 6.88. The van der Waals surface area contributed by atoms with E-state index in [0.717, 1.165) is 12.0 Å². The fraction of sp³-hybridized carbons (Fsp3) is 0.538. The van der Waals surface area contributed by atoms with E-state index in [1.165, 1.54) is 63.9 Å². The molecule has 29 heavy (non-hydrogen) atoms. The first-order chi connectivity index (χ1) is 13.9. The Hall–Kier alpha value is -1.77. The Kier molecular flexibility index (Phi) is 7.43. The molecule has 0 spiro atoms. The Balaban J connectivity index is 1.66. The third kappa shape index (κ3) is 5.05. The van der Waals surface area contributed by atoms with Crippen molar-refractivity contribution in [2.24, 2.45) is 11.8 Å². The fourth-order valence-corrected chi connectivity index (χ4v) is 4.86. The van der Waals surface area contributed by atoms with Crippen molar-refractivity contribution in [3.05, 3.63) is 58.9 Å². The van der Waals surface area contributed by atoms with Crippen molar-refractivity contribution in [1.29, 1.82) is 0 Å². The van der Waals surface area contributed by atoms with Crippen LogP contribution in [0.15, 0.2) is 30.3 Å². The van der Waals surface area contributed by atoms with E-state index >= 15 is 0 Å². The number of benzene rings is 2. The average Bonchev–Trinajstić information content (AvgIpc) is 2.73. The highest BCUT2D eigenvalue weighted by Gasteiger charge is 2.26. The van der Waals surface area contributed by atoms with Crippen molar-refractivity contribution in [3.8, 4) is 11.1 Å². The molecule has 158 valence electrons. The maximum absolute atomic E-state index is 14.3. The molecule has 0 saturated heterocycles. The molecule has 3 heteroatoms. The van der Waals surface area contributed by atoms with Gasteiger partial charge in [-0.05, 0) is 60.3 Å². The second kappa shape index (κ2) is 9.82. The van der Waals surface area contributed by atoms with E-state index < -0.39 is 17.5 Å². The summed E-state index contributed by atoms with van der Waals surface area (Å²) in [4.78, 5) is 0. The Morgan fingerprint density at radius 3 is 2.21 bits per heavy atom. The van der Waals surface area contributed by atoms with Crippen molar-refractivity contribution in [1.82, 2.24) is 0 Å². The standard InChI is InChI=1S/C26H33F3/c1-4-5-6-7-19-8-10-20(11-9-19)18(3)21-12-14-22(15-13-21)24-23(27)16-17(2)25(28)26(24)29/h12-16,18-20H,4-11H2,1-3H3/t18?,19-,20-. The molecule has 0 nitrogen and oxygen atoms in total. The lowest BCUT2D eigenvalue weighted by molar-refractivity contribution is 0.236. The summed E-state index contributed by atoms with van der Waals surface area (Å²) >= 11 is 0. The number of hydrogen-bond donors (Lipinski definition) is 0. The van der Waals surface area contributed by atoms with E-state index in [-0.39, 0.29) is 11.1 Å². The van der Waals surface area contributed by atoms with E-state index in [1.54, 1.807) is 12.1 Å². The molecule has 1 atom stereocenters. The topological polar surface area (TPSA) is 0 Å². The van der Waals surface area contributed by atoms with Gasteiger partial charge >= 0.3 is 0 Å². The van der Waals surface area contributed by atoms with Crippen LogP contribution >= 0.6 is 0 Å². The molecule has 1 aliphatic rings. The number of aryl methyl sites for hydroxylation is 1. The molecule has 3 rings (SSSR count). The second-order valence-corrected chi connectivity index (χ2v) is 8.87. The highest BCUT2D eigenvalue weighted by Crippen LogP contribution is 2.40. The average molecular weight is 403 g/mol. The minimum atomic E-state index is -1.11. The molecule has 0 aromatic heterocycles. The molecule has 1 unspecified atom stereocenters. The minimum absolute atomic E-state index is 0.0145. The van der Waals surface area contributed by atoms with Crippen LogP contribution in [-0.2, 0) is 0 Å². The Morgan fingerprint density at radius 2 is 1.59 bits per heavy atom. The molecule has 0 bridgehead atoms. The fourth-order valence-electron chi connectivity index (χ4n) is 4.86. The number of unbranched alkanes of at least 4 members (excludes halogenated alkanes) is 2. The van der Waals surface area contributed by atoms with Crippen LogP contribution in [-0.4, -0.2) is 0 Å². The van der Waals surface area contributed by atoms with E-state index in [4.69, 9.17) is 0 Å². The molecule has 0 N–H and O–H groups in total. The van der Waals surface area contributed by atoms with E-state index in [9.17, 15) is 13.2 Å². The van der Waals surface area contributed by atoms with Crippen LogP contribution in [0.2, 0.25) is 0 Å². The summed E-state index contributed by atoms with van der Waals surface area (Å²) in [7, 11) is 0. The molecule has 1 saturated carbocycles. The second-order valence-electron chi connectivity index (χ2n) is 8.87. The normalized spacial score (nSPS) is 20.6. The summed E-state index contributed by atoms with van der Waals surface area (Å²) in [5, 5.41) is 0. The van der Waals surface area contributed by atoms with Crippen LogP contribution in [0.25, 0.3) is 11.1 Å². The predicted octanol–water partition coefficient (Wildman–Crippen LogP) is 8.57. The Bertz CT molecular complexity index is 802. The lowest BCUT2D eigenvalue weighted by Gasteiger charge is -2.32. The zero-order valence-corrected chi connectivity index (χ0v) is 17.9. The zero-order valence-electron chi connectivity index (χ0n) is 17.9. The molecule has 0 amide bonds. The first-order valence-corrected chi connectivity index (χ1v) is 11.2. The van der Waals surface area contributed by atoms with Gasteiger partial charge in [0, 0.05) is 0 Å². The summed E-state index contributed by atoms with van der Waals surface area (Å²) in [5.41, 5.74) is 1.28. The van der Waals surface area contributed by atoms with Crippen LogP contribution in [0.5, 0.6) is 0 Å². The SMILES string of the molecule is CCCCC[C@H]1CC[C@H](C(C)c2ccc(-c3c(F)cc(C)c(F)c3F)cc2)CC1. The van der Waals surface area contributed by atoms with Gasteiger partial charge in [0.2, 0.25) is 0 Å². The molecule has 2 aromatic rings. The molecule has 2 aromatic carbocycles. The first-order valence-electron chi connectivity index (χ1n) is 11.2. The van der Waals surface area contributed by atoms with Gasteiger partial charge in [-0.1, -0.05) is 76.6 Å². The van der Waals surface area contributed by atoms with Gasteiger partial charge < -0.3 is 0 Å². The van der Waals surface area contributed by atoms with E-state index in [0.29, 0.717) is 17.4 Å². The maximum atomic E-state index is 14.3. The predicted molar refractivity (Wildman–Crippen MR) is 114 cm³/mol. The highest BCUT2D eigenvalue weighted by atomic mass is 19.2. The molecular formula is C26H33F3. The van der Waals surface area contributed by atoms with Gasteiger partial charge in [-0.2, -0.15) is 0 Å². The van der Waals surface area contributed by atoms with Crippen molar-refractivity contribution in [2.75, 3.05) is 0 Å². The zero-order chi connectivity index (χ0) is 21.0. The lowest BCUT2D eigenvalue weighted by atomic mass is 9.73. The van der Waals surface area contributed by atoms with Gasteiger partial charge in [0.05, 0.1) is 5.56 Å². The smallest absolute Gasteiger partial charge is 0.169 e. The monoisotopic (exact) mass is 402 g/mol. The minimum Gasteiger partial charge on any atom is -0.206 e. The number of hydrogen-bond acceptors (Lipinski definition) is 0. The molecular weight excluding hydrogens is 369 g/mol. The Morgan fingerprint density at radius 1 is 0.931 bits per heavy atom. The molecule has 1 aliphatic carbocycles. The van der Waals surface area contributed by atoms with Crippen molar-refractivity contribution in [2.45, 2.75) is 78.1 Å². The molecule has 0 aliphatic heterocycles. The third-order valence-corrected chi connectivity index (χ3v) is 6.88. The van der Waals surface area contributed by atoms with Gasteiger partial charge in [0.1, 0.15) is 5.82 Å². The summed E-state index contributed by atoms with van der Waals surface area (Å²) in [6, 6.07) is 8.40. The van der Waals surface area contributed by atoms with Crippen LogP contribution in [0.1, 0.15) is 82.3 Å².